The number of nitrogens with zero attached hydrogens (tertiary/aromatic N) is 2. The third kappa shape index (κ3) is 3.71. The summed E-state index contributed by atoms with van der Waals surface area (Å²) in [4.78, 5) is 39.4. The molecule has 2 fully saturated rings. The largest absolute Gasteiger partial charge is 0.467 e. The summed E-state index contributed by atoms with van der Waals surface area (Å²) in [7, 11) is 1.20. The van der Waals surface area contributed by atoms with Crippen LogP contribution in [0.2, 0.25) is 0 Å². The molecule has 2 aliphatic rings. The van der Waals surface area contributed by atoms with Crippen molar-refractivity contribution in [3.63, 3.8) is 0 Å². The zero-order valence-electron chi connectivity index (χ0n) is 15.5. The highest BCUT2D eigenvalue weighted by Crippen LogP contribution is 2.35. The third-order valence-corrected chi connectivity index (χ3v) is 5.71. The summed E-state index contributed by atoms with van der Waals surface area (Å²) in [5.74, 6) is -1.60. The second-order valence-corrected chi connectivity index (χ2v) is 7.60. The Bertz CT molecular complexity index is 833. The van der Waals surface area contributed by atoms with Crippen molar-refractivity contribution in [3.05, 3.63) is 34.0 Å². The molecule has 1 aromatic rings. The number of anilines is 1. The molecule has 0 aliphatic carbocycles. The lowest BCUT2D eigenvalue weighted by atomic mass is 10.1. The van der Waals surface area contributed by atoms with E-state index in [2.05, 4.69) is 4.74 Å². The maximum absolute atomic E-state index is 14.6. The molecule has 144 valence electrons. The van der Waals surface area contributed by atoms with Gasteiger partial charge in [-0.2, -0.15) is 0 Å². The van der Waals surface area contributed by atoms with Crippen molar-refractivity contribution in [3.8, 4) is 0 Å². The van der Waals surface area contributed by atoms with E-state index in [4.69, 9.17) is 0 Å². The van der Waals surface area contributed by atoms with Crippen LogP contribution in [-0.2, 0) is 14.3 Å². The molecule has 1 unspecified atom stereocenters. The van der Waals surface area contributed by atoms with Crippen molar-refractivity contribution in [2.75, 3.05) is 25.1 Å². The molecule has 0 spiro atoms. The van der Waals surface area contributed by atoms with Crippen molar-refractivity contribution in [2.45, 2.75) is 32.7 Å². The van der Waals surface area contributed by atoms with Crippen LogP contribution in [0.5, 0.6) is 0 Å². The average molecular weight is 392 g/mol. The van der Waals surface area contributed by atoms with Crippen LogP contribution < -0.4 is 4.90 Å². The quantitative estimate of drug-likeness (QED) is 0.578. The Kier molecular flexibility index (Phi) is 5.55. The summed E-state index contributed by atoms with van der Waals surface area (Å²) in [6.45, 7) is 4.94. The lowest BCUT2D eigenvalue weighted by molar-refractivity contribution is -0.148. The predicted octanol–water partition coefficient (Wildman–Crippen LogP) is 3.33. The number of hydrogen-bond acceptors (Lipinski definition) is 6. The molecule has 2 amide bonds. The number of benzene rings is 1. The summed E-state index contributed by atoms with van der Waals surface area (Å²) in [5, 5.41) is -0.545. The van der Waals surface area contributed by atoms with Crippen LogP contribution >= 0.6 is 11.8 Å². The number of ether oxygens (including phenoxy) is 1. The SMILES string of the molecule is COC(=O)C(C)N1C(=O)SC(=Cc2cc(F)c(N3CCCC3)cc2C)C1=O. The molecular weight excluding hydrogens is 371 g/mol. The summed E-state index contributed by atoms with van der Waals surface area (Å²) in [6.07, 6.45) is 3.60. The summed E-state index contributed by atoms with van der Waals surface area (Å²) >= 11 is 0.735. The van der Waals surface area contributed by atoms with Gasteiger partial charge in [0.15, 0.2) is 0 Å². The number of carbonyl (C=O) groups is 3. The molecule has 0 saturated carbocycles. The minimum absolute atomic E-state index is 0.159. The lowest BCUT2D eigenvalue weighted by Crippen LogP contribution is -2.42. The van der Waals surface area contributed by atoms with Crippen LogP contribution in [0.25, 0.3) is 6.08 Å². The molecule has 8 heteroatoms. The zero-order valence-corrected chi connectivity index (χ0v) is 16.3. The van der Waals surface area contributed by atoms with Crippen molar-refractivity contribution >= 4 is 40.6 Å². The van der Waals surface area contributed by atoms with Crippen molar-refractivity contribution < 1.29 is 23.5 Å². The number of rotatable bonds is 4. The predicted molar refractivity (Wildman–Crippen MR) is 102 cm³/mol. The van der Waals surface area contributed by atoms with Crippen LogP contribution in [-0.4, -0.2) is 48.3 Å². The Morgan fingerprint density at radius 3 is 2.59 bits per heavy atom. The second-order valence-electron chi connectivity index (χ2n) is 6.61. The van der Waals surface area contributed by atoms with E-state index in [1.807, 2.05) is 11.8 Å². The van der Waals surface area contributed by atoms with Crippen LogP contribution in [0.1, 0.15) is 30.9 Å². The maximum Gasteiger partial charge on any atom is 0.328 e. The first-order valence-corrected chi connectivity index (χ1v) is 9.55. The number of hydrogen-bond donors (Lipinski definition) is 0. The fourth-order valence-electron chi connectivity index (χ4n) is 3.27. The average Bonchev–Trinajstić information content (AvgIpc) is 3.25. The van der Waals surface area contributed by atoms with Gasteiger partial charge in [-0.3, -0.25) is 14.5 Å². The number of imide groups is 1. The first kappa shape index (κ1) is 19.4. The molecule has 1 aromatic carbocycles. The summed E-state index contributed by atoms with van der Waals surface area (Å²) in [5.41, 5.74) is 1.91. The molecule has 6 nitrogen and oxygen atoms in total. The van der Waals surface area contributed by atoms with Gasteiger partial charge in [-0.05, 0) is 67.8 Å². The van der Waals surface area contributed by atoms with Crippen molar-refractivity contribution in [2.24, 2.45) is 0 Å². The number of amides is 2. The molecule has 2 heterocycles. The minimum atomic E-state index is -1.01. The molecule has 3 rings (SSSR count). The molecule has 0 N–H and O–H groups in total. The highest BCUT2D eigenvalue weighted by Gasteiger charge is 2.41. The zero-order chi connectivity index (χ0) is 19.7. The Morgan fingerprint density at radius 2 is 1.96 bits per heavy atom. The van der Waals surface area contributed by atoms with Crippen molar-refractivity contribution in [1.29, 1.82) is 0 Å². The fourth-order valence-corrected chi connectivity index (χ4v) is 4.17. The van der Waals surface area contributed by atoms with Crippen molar-refractivity contribution in [1.82, 2.24) is 4.90 Å². The van der Waals surface area contributed by atoms with E-state index in [9.17, 15) is 18.8 Å². The van der Waals surface area contributed by atoms with Gasteiger partial charge in [0.05, 0.1) is 17.7 Å². The topological polar surface area (TPSA) is 66.9 Å². The first-order chi connectivity index (χ1) is 12.8. The number of esters is 1. The number of carbonyl (C=O) groups excluding carboxylic acids is 3. The van der Waals surface area contributed by atoms with E-state index >= 15 is 0 Å². The Hall–Kier alpha value is -2.35. The molecule has 1 atom stereocenters. The van der Waals surface area contributed by atoms with Gasteiger partial charge in [-0.1, -0.05) is 0 Å². The fraction of sp³-hybridized carbons (Fsp3) is 0.421. The third-order valence-electron chi connectivity index (χ3n) is 4.82. The molecular formula is C19H21FN2O4S. The number of thioether (sulfide) groups is 1. The standard InChI is InChI=1S/C19H21FN2O4S/c1-11-8-15(21-6-4-5-7-21)14(20)9-13(11)10-16-17(23)22(19(25)27-16)12(2)18(24)26-3/h8-10,12H,4-7H2,1-3H3. The molecule has 27 heavy (non-hydrogen) atoms. The first-order valence-electron chi connectivity index (χ1n) is 8.73. The highest BCUT2D eigenvalue weighted by molar-refractivity contribution is 8.18. The van der Waals surface area contributed by atoms with Crippen LogP contribution in [0.3, 0.4) is 0 Å². The van der Waals surface area contributed by atoms with Gasteiger partial charge >= 0.3 is 5.97 Å². The van der Waals surface area contributed by atoms with Gasteiger partial charge < -0.3 is 9.64 Å². The van der Waals surface area contributed by atoms with E-state index < -0.39 is 23.2 Å². The molecule has 0 radical (unpaired) electrons. The maximum atomic E-state index is 14.6. The summed E-state index contributed by atoms with van der Waals surface area (Å²) < 4.78 is 19.2. The molecule has 2 saturated heterocycles. The Morgan fingerprint density at radius 1 is 1.30 bits per heavy atom. The van der Waals surface area contributed by atoms with Gasteiger partial charge in [0.25, 0.3) is 11.1 Å². The molecule has 0 aromatic heterocycles. The highest BCUT2D eigenvalue weighted by atomic mass is 32.2. The minimum Gasteiger partial charge on any atom is -0.467 e. The number of methoxy groups -OCH3 is 1. The van der Waals surface area contributed by atoms with Crippen LogP contribution in [0.15, 0.2) is 17.0 Å². The van der Waals surface area contributed by atoms with E-state index in [1.165, 1.54) is 26.2 Å². The summed E-state index contributed by atoms with van der Waals surface area (Å²) in [6, 6.07) is 2.15. The van der Waals surface area contributed by atoms with Gasteiger partial charge in [0.1, 0.15) is 11.9 Å². The van der Waals surface area contributed by atoms with Crippen LogP contribution in [0.4, 0.5) is 14.9 Å². The molecule has 0 bridgehead atoms. The normalized spacial score (nSPS) is 19.9. The van der Waals surface area contributed by atoms with E-state index in [1.54, 1.807) is 6.07 Å². The van der Waals surface area contributed by atoms with E-state index in [0.29, 0.717) is 11.3 Å². The monoisotopic (exact) mass is 392 g/mol. The van der Waals surface area contributed by atoms with E-state index in [0.717, 1.165) is 48.2 Å². The smallest absolute Gasteiger partial charge is 0.328 e. The van der Waals surface area contributed by atoms with Gasteiger partial charge in [0.2, 0.25) is 0 Å². The van der Waals surface area contributed by atoms with Gasteiger partial charge in [-0.25, -0.2) is 9.18 Å². The Labute approximate surface area is 161 Å². The Balaban J connectivity index is 1.88. The lowest BCUT2D eigenvalue weighted by Gasteiger charge is -2.20. The molecule has 2 aliphatic heterocycles. The number of aryl methyl sites for hydroxylation is 1. The second kappa shape index (κ2) is 7.72. The number of halogens is 1. The van der Waals surface area contributed by atoms with E-state index in [-0.39, 0.29) is 10.7 Å². The van der Waals surface area contributed by atoms with Gasteiger partial charge in [-0.15, -0.1) is 0 Å². The van der Waals surface area contributed by atoms with Gasteiger partial charge in [0, 0.05) is 13.1 Å². The van der Waals surface area contributed by atoms with Crippen LogP contribution in [0, 0.1) is 12.7 Å².